The lowest BCUT2D eigenvalue weighted by Crippen LogP contribution is -2.26. The maximum absolute atomic E-state index is 11.2. The monoisotopic (exact) mass is 288 g/mol. The summed E-state index contributed by atoms with van der Waals surface area (Å²) in [5.74, 6) is 1.21. The van der Waals surface area contributed by atoms with E-state index in [1.165, 1.54) is 7.11 Å². The van der Waals surface area contributed by atoms with E-state index < -0.39 is 0 Å². The second kappa shape index (κ2) is 7.59. The number of oxazole rings is 1. The summed E-state index contributed by atoms with van der Waals surface area (Å²) in [5.41, 5.74) is 1.01. The molecular weight excluding hydrogens is 268 g/mol. The molecule has 0 bridgehead atoms. The summed E-state index contributed by atoms with van der Waals surface area (Å²) < 4.78 is 10.4. The molecule has 0 aliphatic carbocycles. The molecule has 0 aliphatic rings. The lowest BCUT2D eigenvalue weighted by Gasteiger charge is -2.17. The highest BCUT2D eigenvalue weighted by Crippen LogP contribution is 2.20. The van der Waals surface area contributed by atoms with Crippen LogP contribution in [0.2, 0.25) is 0 Å². The molecular formula is C16H20N2O3. The van der Waals surface area contributed by atoms with Crippen LogP contribution in [0.15, 0.2) is 40.9 Å². The van der Waals surface area contributed by atoms with Crippen LogP contribution in [0.4, 0.5) is 0 Å². The van der Waals surface area contributed by atoms with Crippen LogP contribution >= 0.6 is 0 Å². The molecule has 1 heterocycles. The van der Waals surface area contributed by atoms with E-state index in [-0.39, 0.29) is 5.97 Å². The van der Waals surface area contributed by atoms with Gasteiger partial charge in [0.1, 0.15) is 0 Å². The van der Waals surface area contributed by atoms with Crippen molar-refractivity contribution in [2.24, 2.45) is 0 Å². The first-order valence-electron chi connectivity index (χ1n) is 7.02. The number of esters is 1. The molecule has 0 atom stereocenters. The largest absolute Gasteiger partial charge is 0.469 e. The van der Waals surface area contributed by atoms with Gasteiger partial charge in [-0.15, -0.1) is 0 Å². The number of carbonyl (C=O) groups is 1. The minimum atomic E-state index is -0.203. The molecule has 5 heteroatoms. The minimum Gasteiger partial charge on any atom is -0.469 e. The van der Waals surface area contributed by atoms with Crippen molar-refractivity contribution in [1.82, 2.24) is 9.88 Å². The number of rotatable bonds is 7. The van der Waals surface area contributed by atoms with E-state index in [4.69, 9.17) is 4.42 Å². The van der Waals surface area contributed by atoms with Gasteiger partial charge < -0.3 is 9.15 Å². The summed E-state index contributed by atoms with van der Waals surface area (Å²) in [6.07, 6.45) is 2.11. The van der Waals surface area contributed by atoms with Crippen molar-refractivity contribution < 1.29 is 13.9 Å². The number of ether oxygens (including phenoxy) is 1. The molecule has 5 nitrogen and oxygen atoms in total. The van der Waals surface area contributed by atoms with Crippen molar-refractivity contribution in [3.8, 4) is 11.3 Å². The number of carbonyl (C=O) groups excluding carboxylic acids is 1. The maximum Gasteiger partial charge on any atom is 0.306 e. The Morgan fingerprint density at radius 2 is 2.10 bits per heavy atom. The highest BCUT2D eigenvalue weighted by atomic mass is 16.5. The van der Waals surface area contributed by atoms with E-state index in [0.717, 1.165) is 17.9 Å². The van der Waals surface area contributed by atoms with Gasteiger partial charge in [0.15, 0.2) is 5.76 Å². The summed E-state index contributed by atoms with van der Waals surface area (Å²) in [7, 11) is 1.40. The van der Waals surface area contributed by atoms with Crippen molar-refractivity contribution >= 4 is 5.97 Å². The topological polar surface area (TPSA) is 55.6 Å². The molecule has 21 heavy (non-hydrogen) atoms. The molecule has 2 aromatic rings. The molecule has 0 N–H and O–H groups in total. The number of aromatic nitrogens is 1. The molecule has 0 radical (unpaired) electrons. The number of methoxy groups -OCH3 is 1. The van der Waals surface area contributed by atoms with Crippen LogP contribution in [0, 0.1) is 0 Å². The molecule has 0 spiro atoms. The van der Waals surface area contributed by atoms with Gasteiger partial charge in [-0.1, -0.05) is 37.3 Å². The fraction of sp³-hybridized carbons (Fsp3) is 0.375. The molecule has 0 aliphatic heterocycles. The predicted molar refractivity (Wildman–Crippen MR) is 79.5 cm³/mol. The van der Waals surface area contributed by atoms with Crippen LogP contribution in [0.5, 0.6) is 0 Å². The third-order valence-corrected chi connectivity index (χ3v) is 3.28. The van der Waals surface area contributed by atoms with Crippen molar-refractivity contribution in [2.75, 3.05) is 20.2 Å². The van der Waals surface area contributed by atoms with Gasteiger partial charge in [0.25, 0.3) is 0 Å². The first kappa shape index (κ1) is 15.3. The zero-order valence-electron chi connectivity index (χ0n) is 12.4. The number of benzene rings is 1. The molecule has 0 saturated heterocycles. The van der Waals surface area contributed by atoms with Gasteiger partial charge in [0.05, 0.1) is 26.3 Å². The Balaban J connectivity index is 1.96. The van der Waals surface area contributed by atoms with E-state index in [9.17, 15) is 4.79 Å². The Bertz CT molecular complexity index is 566. The quantitative estimate of drug-likeness (QED) is 0.733. The zero-order chi connectivity index (χ0) is 15.1. The molecule has 0 unspecified atom stereocenters. The second-order valence-corrected chi connectivity index (χ2v) is 4.68. The van der Waals surface area contributed by atoms with Crippen LogP contribution in [0.25, 0.3) is 11.3 Å². The summed E-state index contributed by atoms with van der Waals surface area (Å²) >= 11 is 0. The van der Waals surface area contributed by atoms with Crippen LogP contribution in [-0.4, -0.2) is 36.1 Å². The number of nitrogens with zero attached hydrogens (tertiary/aromatic N) is 2. The van der Waals surface area contributed by atoms with Gasteiger partial charge in [0.2, 0.25) is 5.89 Å². The molecule has 0 fully saturated rings. The van der Waals surface area contributed by atoms with Gasteiger partial charge in [-0.3, -0.25) is 9.69 Å². The highest BCUT2D eigenvalue weighted by molar-refractivity contribution is 5.69. The zero-order valence-corrected chi connectivity index (χ0v) is 12.4. The summed E-state index contributed by atoms with van der Waals surface area (Å²) in [6, 6.07) is 9.86. The van der Waals surface area contributed by atoms with E-state index in [2.05, 4.69) is 14.6 Å². The Morgan fingerprint density at radius 1 is 1.33 bits per heavy atom. The maximum atomic E-state index is 11.2. The fourth-order valence-electron chi connectivity index (χ4n) is 2.01. The van der Waals surface area contributed by atoms with E-state index in [1.54, 1.807) is 6.20 Å². The number of hydrogen-bond acceptors (Lipinski definition) is 5. The third-order valence-electron chi connectivity index (χ3n) is 3.28. The van der Waals surface area contributed by atoms with Gasteiger partial charge in [-0.25, -0.2) is 4.98 Å². The van der Waals surface area contributed by atoms with Crippen LogP contribution in [0.3, 0.4) is 0 Å². The average Bonchev–Trinajstić information content (AvgIpc) is 3.00. The predicted octanol–water partition coefficient (Wildman–Crippen LogP) is 2.73. The van der Waals surface area contributed by atoms with E-state index >= 15 is 0 Å². The van der Waals surface area contributed by atoms with E-state index in [0.29, 0.717) is 25.4 Å². The van der Waals surface area contributed by atoms with E-state index in [1.807, 2.05) is 37.3 Å². The lowest BCUT2D eigenvalue weighted by atomic mass is 10.2. The van der Waals surface area contributed by atoms with Gasteiger partial charge in [0, 0.05) is 12.1 Å². The van der Waals surface area contributed by atoms with Crippen molar-refractivity contribution in [1.29, 1.82) is 0 Å². The lowest BCUT2D eigenvalue weighted by molar-refractivity contribution is -0.141. The Labute approximate surface area is 124 Å². The van der Waals surface area contributed by atoms with Crippen LogP contribution < -0.4 is 0 Å². The molecule has 0 saturated carbocycles. The molecule has 1 aromatic heterocycles. The second-order valence-electron chi connectivity index (χ2n) is 4.68. The molecule has 112 valence electrons. The smallest absolute Gasteiger partial charge is 0.306 e. The van der Waals surface area contributed by atoms with Gasteiger partial charge in [-0.05, 0) is 6.54 Å². The summed E-state index contributed by atoms with van der Waals surface area (Å²) in [6.45, 7) is 4.07. The van der Waals surface area contributed by atoms with Crippen molar-refractivity contribution in [3.05, 3.63) is 42.4 Å². The average molecular weight is 288 g/mol. The third kappa shape index (κ3) is 4.43. The fourth-order valence-corrected chi connectivity index (χ4v) is 2.01. The summed E-state index contributed by atoms with van der Waals surface area (Å²) in [4.78, 5) is 17.6. The first-order chi connectivity index (χ1) is 10.2. The normalized spacial score (nSPS) is 10.8. The standard InChI is InChI=1S/C16H20N2O3/c1-3-18(10-9-16(19)20-2)12-15-17-11-14(21-15)13-7-5-4-6-8-13/h4-8,11H,3,9-10,12H2,1-2H3. The highest BCUT2D eigenvalue weighted by Gasteiger charge is 2.12. The Morgan fingerprint density at radius 3 is 2.76 bits per heavy atom. The van der Waals surface area contributed by atoms with Gasteiger partial charge in [-0.2, -0.15) is 0 Å². The first-order valence-corrected chi connectivity index (χ1v) is 7.02. The Kier molecular flexibility index (Phi) is 5.51. The molecule has 1 aromatic carbocycles. The van der Waals surface area contributed by atoms with Gasteiger partial charge >= 0.3 is 5.97 Å². The number of hydrogen-bond donors (Lipinski definition) is 0. The van der Waals surface area contributed by atoms with Crippen molar-refractivity contribution in [3.63, 3.8) is 0 Å². The SMILES string of the molecule is CCN(CCC(=O)OC)Cc1ncc(-c2ccccc2)o1. The van der Waals surface area contributed by atoms with Crippen LogP contribution in [0.1, 0.15) is 19.2 Å². The molecule has 0 amide bonds. The van der Waals surface area contributed by atoms with Crippen molar-refractivity contribution in [2.45, 2.75) is 19.9 Å². The molecule has 2 rings (SSSR count). The Hall–Kier alpha value is -2.14. The summed E-state index contributed by atoms with van der Waals surface area (Å²) in [5, 5.41) is 0. The minimum absolute atomic E-state index is 0.203. The van der Waals surface area contributed by atoms with Crippen LogP contribution in [-0.2, 0) is 16.1 Å².